The molecule has 0 bridgehead atoms. The van der Waals surface area contributed by atoms with Gasteiger partial charge >= 0.3 is 5.97 Å². The van der Waals surface area contributed by atoms with Crippen LogP contribution in [-0.4, -0.2) is 37.8 Å². The normalized spacial score (nSPS) is 30.4. The van der Waals surface area contributed by atoms with Gasteiger partial charge in [-0.15, -0.1) is 11.3 Å². The van der Waals surface area contributed by atoms with Crippen molar-refractivity contribution in [2.24, 2.45) is 17.8 Å². The standard InChI is InChI=1S/C32H41NO5S/c1-6-37-30(35)26-27-25(39-29(26)33-28(34)19-12-14-38-31(2,3)17-19)16-24-23-9-7-18-15-20(36-5)8-10-21(18)22(23)11-13-32(24,27)4/h8,10,15,19,22-24H,6-7,9,11-14,16-17H2,1-5H3,(H,33,34)/t19-,22+,23+,24+,32+/m1/s1. The van der Waals surface area contributed by atoms with Crippen LogP contribution < -0.4 is 10.1 Å². The van der Waals surface area contributed by atoms with Crippen molar-refractivity contribution in [3.63, 3.8) is 0 Å². The van der Waals surface area contributed by atoms with Crippen LogP contribution in [0.4, 0.5) is 5.00 Å². The molecule has 7 heteroatoms. The summed E-state index contributed by atoms with van der Waals surface area (Å²) >= 11 is 1.61. The topological polar surface area (TPSA) is 73.9 Å². The molecule has 1 amide bonds. The Labute approximate surface area is 235 Å². The van der Waals surface area contributed by atoms with Gasteiger partial charge in [0.1, 0.15) is 10.8 Å². The van der Waals surface area contributed by atoms with E-state index in [2.05, 4.69) is 30.4 Å². The van der Waals surface area contributed by atoms with Crippen molar-refractivity contribution < 1.29 is 23.8 Å². The molecule has 0 spiro atoms. The van der Waals surface area contributed by atoms with Gasteiger partial charge in [0, 0.05) is 17.4 Å². The number of hydrogen-bond donors (Lipinski definition) is 1. The highest BCUT2D eigenvalue weighted by molar-refractivity contribution is 7.17. The lowest BCUT2D eigenvalue weighted by Gasteiger charge is -2.49. The summed E-state index contributed by atoms with van der Waals surface area (Å²) in [4.78, 5) is 28.1. The van der Waals surface area contributed by atoms with E-state index in [1.165, 1.54) is 16.0 Å². The molecule has 3 aliphatic carbocycles. The van der Waals surface area contributed by atoms with E-state index < -0.39 is 0 Å². The van der Waals surface area contributed by atoms with Crippen LogP contribution in [0.15, 0.2) is 18.2 Å². The minimum atomic E-state index is -0.315. The summed E-state index contributed by atoms with van der Waals surface area (Å²) in [5, 5.41) is 3.87. The molecule has 0 unspecified atom stereocenters. The van der Waals surface area contributed by atoms with Crippen LogP contribution in [0.5, 0.6) is 5.75 Å². The molecule has 39 heavy (non-hydrogen) atoms. The van der Waals surface area contributed by atoms with Crippen molar-refractivity contribution in [2.75, 3.05) is 25.6 Å². The number of esters is 1. The number of aryl methyl sites for hydroxylation is 1. The van der Waals surface area contributed by atoms with Gasteiger partial charge in [-0.2, -0.15) is 0 Å². The van der Waals surface area contributed by atoms with Gasteiger partial charge in [0.2, 0.25) is 5.91 Å². The van der Waals surface area contributed by atoms with Crippen LogP contribution >= 0.6 is 11.3 Å². The number of carbonyl (C=O) groups is 2. The number of thiophene rings is 1. The SMILES string of the molecule is CCOC(=O)c1c(NC(=O)[C@@H]2CCOC(C)(C)C2)sc2c1[C@@]1(C)CC[C@H]3c4ccc(OC)cc4CC[C@@H]3[C@@H]1C2. The first-order chi connectivity index (χ1) is 18.6. The maximum Gasteiger partial charge on any atom is 0.341 e. The molecule has 6 rings (SSSR count). The molecule has 6 nitrogen and oxygen atoms in total. The first-order valence-corrected chi connectivity index (χ1v) is 15.4. The number of methoxy groups -OCH3 is 1. The molecular weight excluding hydrogens is 510 g/mol. The molecule has 2 aromatic rings. The maximum absolute atomic E-state index is 13.5. The highest BCUT2D eigenvalue weighted by Crippen LogP contribution is 2.63. The number of hydrogen-bond acceptors (Lipinski definition) is 6. The Morgan fingerprint density at radius 3 is 2.74 bits per heavy atom. The smallest absolute Gasteiger partial charge is 0.341 e. The average molecular weight is 552 g/mol. The number of benzene rings is 1. The van der Waals surface area contributed by atoms with Crippen LogP contribution in [0, 0.1) is 17.8 Å². The molecule has 2 heterocycles. The van der Waals surface area contributed by atoms with E-state index in [0.29, 0.717) is 54.4 Å². The van der Waals surface area contributed by atoms with Gasteiger partial charge < -0.3 is 19.5 Å². The van der Waals surface area contributed by atoms with Gasteiger partial charge in [-0.1, -0.05) is 13.0 Å². The zero-order chi connectivity index (χ0) is 27.5. The van der Waals surface area contributed by atoms with Crippen molar-refractivity contribution in [3.05, 3.63) is 45.3 Å². The highest BCUT2D eigenvalue weighted by Gasteiger charge is 2.55. The molecule has 1 saturated heterocycles. The zero-order valence-corrected chi connectivity index (χ0v) is 24.7. The summed E-state index contributed by atoms with van der Waals surface area (Å²) in [6, 6.07) is 6.61. The number of rotatable bonds is 5. The van der Waals surface area contributed by atoms with Crippen molar-refractivity contribution in [3.8, 4) is 5.75 Å². The fraction of sp³-hybridized carbons (Fsp3) is 0.625. The lowest BCUT2D eigenvalue weighted by atomic mass is 9.54. The van der Waals surface area contributed by atoms with Crippen LogP contribution in [0.1, 0.15) is 97.6 Å². The Bertz CT molecular complexity index is 1300. The first kappa shape index (κ1) is 26.8. The minimum Gasteiger partial charge on any atom is -0.497 e. The second-order valence-corrected chi connectivity index (χ2v) is 13.9. The molecule has 1 saturated carbocycles. The number of anilines is 1. The molecule has 210 valence electrons. The van der Waals surface area contributed by atoms with Crippen molar-refractivity contribution in [2.45, 2.75) is 89.6 Å². The van der Waals surface area contributed by atoms with E-state index in [9.17, 15) is 9.59 Å². The number of carbonyl (C=O) groups excluding carboxylic acids is 2. The average Bonchev–Trinajstić information content (AvgIpc) is 3.41. The van der Waals surface area contributed by atoms with E-state index in [0.717, 1.165) is 43.4 Å². The van der Waals surface area contributed by atoms with Gasteiger partial charge in [0.25, 0.3) is 0 Å². The molecule has 5 atom stereocenters. The molecule has 1 N–H and O–H groups in total. The number of amides is 1. The summed E-state index contributed by atoms with van der Waals surface area (Å²) in [6.07, 6.45) is 6.71. The molecule has 0 radical (unpaired) electrons. The van der Waals surface area contributed by atoms with E-state index in [1.54, 1.807) is 18.4 Å². The number of fused-ring (bicyclic) bond motifs is 7. The third-order valence-corrected chi connectivity index (χ3v) is 11.2. The molecule has 1 aliphatic heterocycles. The Balaban J connectivity index is 1.31. The Morgan fingerprint density at radius 1 is 1.18 bits per heavy atom. The van der Waals surface area contributed by atoms with Crippen LogP contribution in [-0.2, 0) is 32.5 Å². The lowest BCUT2D eigenvalue weighted by molar-refractivity contribution is -0.130. The summed E-state index contributed by atoms with van der Waals surface area (Å²) in [6.45, 7) is 9.18. The largest absolute Gasteiger partial charge is 0.497 e. The quantitative estimate of drug-likeness (QED) is 0.422. The fourth-order valence-corrected chi connectivity index (χ4v) is 9.66. The molecule has 2 fully saturated rings. The third-order valence-electron chi connectivity index (χ3n) is 10.1. The van der Waals surface area contributed by atoms with Crippen LogP contribution in [0.25, 0.3) is 0 Å². The summed E-state index contributed by atoms with van der Waals surface area (Å²) in [5.41, 5.74) is 4.27. The molecule has 4 aliphatic rings. The first-order valence-electron chi connectivity index (χ1n) is 14.6. The van der Waals surface area contributed by atoms with Gasteiger partial charge in [0.15, 0.2) is 0 Å². The van der Waals surface area contributed by atoms with Crippen molar-refractivity contribution in [1.82, 2.24) is 0 Å². The fourth-order valence-electron chi connectivity index (χ4n) is 8.27. The zero-order valence-electron chi connectivity index (χ0n) is 23.9. The van der Waals surface area contributed by atoms with Gasteiger partial charge in [-0.25, -0.2) is 4.79 Å². The number of ether oxygens (including phenoxy) is 3. The van der Waals surface area contributed by atoms with Crippen LogP contribution in [0.3, 0.4) is 0 Å². The van der Waals surface area contributed by atoms with E-state index >= 15 is 0 Å². The Kier molecular flexibility index (Phi) is 6.82. The minimum absolute atomic E-state index is 0.0124. The van der Waals surface area contributed by atoms with Crippen LogP contribution in [0.2, 0.25) is 0 Å². The molecular formula is C32H41NO5S. The maximum atomic E-state index is 13.5. The predicted octanol–water partition coefficient (Wildman–Crippen LogP) is 6.65. The highest BCUT2D eigenvalue weighted by atomic mass is 32.1. The number of nitrogens with one attached hydrogen (secondary N) is 1. The van der Waals surface area contributed by atoms with E-state index in [1.807, 2.05) is 20.8 Å². The second-order valence-electron chi connectivity index (χ2n) is 12.8. The third kappa shape index (κ3) is 4.50. The van der Waals surface area contributed by atoms with Gasteiger partial charge in [0.05, 0.1) is 24.9 Å². The lowest BCUT2D eigenvalue weighted by Crippen LogP contribution is -2.43. The second kappa shape index (κ2) is 9.91. The van der Waals surface area contributed by atoms with Crippen molar-refractivity contribution >= 4 is 28.2 Å². The molecule has 1 aromatic heterocycles. The van der Waals surface area contributed by atoms with E-state index in [4.69, 9.17) is 14.2 Å². The van der Waals surface area contributed by atoms with Crippen molar-refractivity contribution in [1.29, 1.82) is 0 Å². The van der Waals surface area contributed by atoms with Gasteiger partial charge in [-0.05, 0) is 118 Å². The summed E-state index contributed by atoms with van der Waals surface area (Å²) < 4.78 is 16.9. The monoisotopic (exact) mass is 551 g/mol. The van der Waals surface area contributed by atoms with E-state index in [-0.39, 0.29) is 28.8 Å². The summed E-state index contributed by atoms with van der Waals surface area (Å²) in [7, 11) is 1.73. The summed E-state index contributed by atoms with van der Waals surface area (Å²) in [5.74, 6) is 2.12. The Morgan fingerprint density at radius 2 is 2.00 bits per heavy atom. The Hall–Kier alpha value is -2.38. The van der Waals surface area contributed by atoms with Gasteiger partial charge in [-0.3, -0.25) is 4.79 Å². The molecule has 1 aromatic carbocycles. The predicted molar refractivity (Wildman–Crippen MR) is 153 cm³/mol.